The Kier molecular flexibility index (Phi) is 19.1. The number of hydrogen-bond acceptors (Lipinski definition) is 2. The molecule has 0 aromatic carbocycles. The summed E-state index contributed by atoms with van der Waals surface area (Å²) in [4.78, 5) is 1.29. The summed E-state index contributed by atoms with van der Waals surface area (Å²) < 4.78 is 7.05. The quantitative estimate of drug-likeness (QED) is 0.714. The van der Waals surface area contributed by atoms with Crippen LogP contribution in [0.25, 0.3) is 0 Å². The predicted octanol–water partition coefficient (Wildman–Crippen LogP) is 4.28. The van der Waals surface area contributed by atoms with Crippen molar-refractivity contribution in [1.29, 1.82) is 0 Å². The van der Waals surface area contributed by atoms with Gasteiger partial charge in [-0.05, 0) is 31.5 Å². The van der Waals surface area contributed by atoms with Crippen LogP contribution in [0.3, 0.4) is 0 Å². The maximum absolute atomic E-state index is 7.05. The fourth-order valence-corrected chi connectivity index (χ4v) is 0.805. The summed E-state index contributed by atoms with van der Waals surface area (Å²) in [6.45, 7) is 11.9. The van der Waals surface area contributed by atoms with Gasteiger partial charge in [-0.3, -0.25) is 0 Å². The Balaban J connectivity index is -0.000000224. The molecule has 2 rings (SSSR count). The first-order valence-electron chi connectivity index (χ1n) is 6.83. The molecule has 0 bridgehead atoms. The summed E-state index contributed by atoms with van der Waals surface area (Å²) in [7, 11) is 0. The van der Waals surface area contributed by atoms with E-state index in [4.69, 9.17) is 1.41 Å². The molecule has 3 heteroatoms. The average Bonchev–Trinajstić information content (AvgIpc) is 2.44. The number of aryl methyl sites for hydroxylation is 2. The van der Waals surface area contributed by atoms with Gasteiger partial charge in [0.15, 0.2) is 12.4 Å². The Labute approximate surface area is 120 Å². The van der Waals surface area contributed by atoms with E-state index >= 15 is 0 Å². The highest BCUT2D eigenvalue weighted by Crippen LogP contribution is 1.85. The average molecular weight is 266 g/mol. The number of nitrogens with one attached hydrogen (secondary N) is 1. The molecule has 3 nitrogen and oxygen atoms in total. The van der Waals surface area contributed by atoms with E-state index in [0.717, 1.165) is 11.1 Å². The molecule has 1 N–H and O–H groups in total. The fourth-order valence-electron chi connectivity index (χ4n) is 0.805. The second-order valence-electron chi connectivity index (χ2n) is 2.95. The van der Waals surface area contributed by atoms with Crippen molar-refractivity contribution in [2.45, 2.75) is 49.0 Å². The van der Waals surface area contributed by atoms with Crippen LogP contribution in [0.2, 0.25) is 1.41 Å². The number of rotatable bonds is 0. The van der Waals surface area contributed by atoms with E-state index < -0.39 is 0 Å². The second kappa shape index (κ2) is 18.6. The molecule has 0 saturated heterocycles. The summed E-state index contributed by atoms with van der Waals surface area (Å²) in [6, 6.07) is 5.72. The zero-order chi connectivity index (χ0) is 15.1. The summed E-state index contributed by atoms with van der Waals surface area (Å²) >= 11 is 0. The largest absolute Gasteiger partial charge is 0.453 e. The maximum atomic E-state index is 7.05. The van der Waals surface area contributed by atoms with E-state index in [-0.39, 0.29) is 7.43 Å². The molecule has 108 valence electrons. The molecule has 0 spiro atoms. The molecule has 0 atom stereocenters. The van der Waals surface area contributed by atoms with E-state index in [0.29, 0.717) is 0 Å². The number of H-pyrrole nitrogens is 1. The molecule has 2 aromatic heterocycles. The van der Waals surface area contributed by atoms with Gasteiger partial charge in [-0.2, -0.15) is 10.2 Å². The van der Waals surface area contributed by atoms with E-state index in [1.54, 1.807) is 24.8 Å². The van der Waals surface area contributed by atoms with Crippen molar-refractivity contribution >= 4 is 0 Å². The topological polar surface area (TPSA) is 39.9 Å². The van der Waals surface area contributed by atoms with Crippen molar-refractivity contribution in [3.63, 3.8) is 0 Å². The van der Waals surface area contributed by atoms with Crippen LogP contribution in [0, 0.1) is 13.8 Å². The standard InChI is InChI=1S/C6H7N.C5H6N2.2C2H6.CH4/c1-6-3-2-4-7-5-6;1-5-2-3-6-7-4-5;2*1-2;/h2-5H,1H3;2-4H,1H3;2*1-2H3;1H4/p+1/i/hT. The molecule has 0 saturated carbocycles. The fraction of sp³-hybridized carbons (Fsp3) is 0.438. The highest BCUT2D eigenvalue weighted by molar-refractivity contribution is 5.01. The Morgan fingerprint density at radius 2 is 1.63 bits per heavy atom. The molecule has 0 amide bonds. The molecule has 0 aliphatic carbocycles. The van der Waals surface area contributed by atoms with Gasteiger partial charge in [0, 0.05) is 17.8 Å². The molecule has 0 fully saturated rings. The van der Waals surface area contributed by atoms with Gasteiger partial charge >= 0.3 is 1.41 Å². The van der Waals surface area contributed by atoms with Crippen LogP contribution >= 0.6 is 0 Å². The summed E-state index contributed by atoms with van der Waals surface area (Å²) in [5, 5.41) is 7.23. The van der Waals surface area contributed by atoms with Gasteiger partial charge in [0.25, 0.3) is 0 Å². The van der Waals surface area contributed by atoms with Crippen LogP contribution in [-0.2, 0) is 0 Å². The number of pyridine rings is 1. The van der Waals surface area contributed by atoms with Crippen molar-refractivity contribution in [2.24, 2.45) is 0 Å². The third-order valence-electron chi connectivity index (χ3n) is 1.54. The number of aromatic nitrogens is 3. The third-order valence-corrected chi connectivity index (χ3v) is 1.54. The van der Waals surface area contributed by atoms with Crippen LogP contribution < -0.4 is 4.98 Å². The molecule has 0 aliphatic heterocycles. The van der Waals surface area contributed by atoms with Gasteiger partial charge in [-0.25, -0.2) is 4.98 Å². The lowest BCUT2D eigenvalue weighted by molar-refractivity contribution is -0.378. The van der Waals surface area contributed by atoms with Gasteiger partial charge in [0.1, 0.15) is 0 Å². The third kappa shape index (κ3) is 16.2. The van der Waals surface area contributed by atoms with Crippen molar-refractivity contribution in [3.05, 3.63) is 54.1 Å². The minimum atomic E-state index is 0. The lowest BCUT2D eigenvalue weighted by Gasteiger charge is -1.80. The van der Waals surface area contributed by atoms with E-state index in [1.807, 2.05) is 59.7 Å². The molecule has 2 heterocycles. The lowest BCUT2D eigenvalue weighted by Crippen LogP contribution is -1.97. The Morgan fingerprint density at radius 3 is 1.89 bits per heavy atom. The Hall–Kier alpha value is -1.77. The first-order valence-corrected chi connectivity index (χ1v) is 6.39. The van der Waals surface area contributed by atoms with Gasteiger partial charge in [0.05, 0.1) is 6.20 Å². The van der Waals surface area contributed by atoms with Gasteiger partial charge < -0.3 is 0 Å². The number of nitrogens with zero attached hydrogens (tertiary/aromatic N) is 2. The van der Waals surface area contributed by atoms with Crippen LogP contribution in [0.5, 0.6) is 0 Å². The highest BCUT2D eigenvalue weighted by Gasteiger charge is 1.79. The molecule has 0 radical (unpaired) electrons. The van der Waals surface area contributed by atoms with E-state index in [1.165, 1.54) is 4.98 Å². The molecule has 0 unspecified atom stereocenters. The minimum Gasteiger partial charge on any atom is -0.218 e. The number of aromatic amines is 1. The first-order chi connectivity index (χ1) is 9.18. The zero-order valence-electron chi connectivity index (χ0n) is 13.4. The normalized spacial score (nSPS) is 7.79. The van der Waals surface area contributed by atoms with E-state index in [2.05, 4.69) is 10.2 Å². The van der Waals surface area contributed by atoms with E-state index in [9.17, 15) is 0 Å². The minimum absolute atomic E-state index is 0. The Morgan fingerprint density at radius 1 is 1.00 bits per heavy atom. The van der Waals surface area contributed by atoms with Gasteiger partial charge in [-0.15, -0.1) is 0 Å². The number of hydrogen-bond donors (Lipinski definition) is 0. The first kappa shape index (κ1) is 19.6. The SMILES string of the molecule is C.CC.CC.Cc1ccnnc1.[3H][n+]1cccc(C)c1. The van der Waals surface area contributed by atoms with Crippen molar-refractivity contribution < 1.29 is 6.39 Å². The lowest BCUT2D eigenvalue weighted by atomic mass is 10.3. The zero-order valence-corrected chi connectivity index (χ0v) is 12.4. The van der Waals surface area contributed by atoms with Crippen molar-refractivity contribution in [2.75, 3.05) is 0 Å². The summed E-state index contributed by atoms with van der Waals surface area (Å²) in [6.07, 6.45) is 6.84. The van der Waals surface area contributed by atoms with Crippen LogP contribution in [0.15, 0.2) is 43.0 Å². The highest BCUT2D eigenvalue weighted by atomic mass is 15.1. The van der Waals surface area contributed by atoms with Crippen LogP contribution in [-0.4, -0.2) is 10.2 Å². The van der Waals surface area contributed by atoms with Crippen molar-refractivity contribution in [1.82, 2.24) is 10.2 Å². The molecule has 2 aromatic rings. The summed E-state index contributed by atoms with van der Waals surface area (Å²) in [5.41, 5.74) is 2.26. The Bertz CT molecular complexity index is 388. The maximum Gasteiger partial charge on any atom is 0.453 e. The van der Waals surface area contributed by atoms with Gasteiger partial charge in [0.2, 0.25) is 0 Å². The predicted molar refractivity (Wildman–Crippen MR) is 83.9 cm³/mol. The molecular weight excluding hydrogens is 234 g/mol. The monoisotopic (exact) mass is 266 g/mol. The van der Waals surface area contributed by atoms with Crippen LogP contribution in [0.1, 0.15) is 46.2 Å². The second-order valence-corrected chi connectivity index (χ2v) is 2.95. The summed E-state index contributed by atoms with van der Waals surface area (Å²) in [5.74, 6) is 0. The van der Waals surface area contributed by atoms with Crippen LogP contribution in [0.4, 0.5) is 0 Å². The molecular formula is C16H30N3+. The molecule has 19 heavy (non-hydrogen) atoms. The van der Waals surface area contributed by atoms with Crippen molar-refractivity contribution in [3.8, 4) is 0 Å². The van der Waals surface area contributed by atoms with Gasteiger partial charge in [-0.1, -0.05) is 35.1 Å². The molecule has 0 aliphatic rings. The smallest absolute Gasteiger partial charge is 0.218 e.